The Kier molecular flexibility index (Phi) is 4.78. The molecule has 0 aliphatic carbocycles. The summed E-state index contributed by atoms with van der Waals surface area (Å²) in [5.41, 5.74) is -0.0574. The van der Waals surface area contributed by atoms with Gasteiger partial charge >= 0.3 is 6.09 Å². The van der Waals surface area contributed by atoms with Crippen LogP contribution in [0.3, 0.4) is 0 Å². The van der Waals surface area contributed by atoms with Crippen LogP contribution in [0.1, 0.15) is 26.3 Å². The van der Waals surface area contributed by atoms with Crippen molar-refractivity contribution in [3.8, 4) is 0 Å². The number of carbonyl (C=O) groups is 1. The maximum Gasteiger partial charge on any atom is 0.412 e. The standard InChI is InChI=1S/C13H15FN2O3/c1-13(2,3)19-12(18)16-10-4-5-11(14)9(6-10)7-15-8-17/h4-6H,7H2,1-3H3,(H,16,18). The predicted octanol–water partition coefficient (Wildman–Crippen LogP) is 3.01. The van der Waals surface area contributed by atoms with Crippen LogP contribution in [-0.2, 0) is 16.1 Å². The molecule has 6 heteroatoms. The molecule has 0 spiro atoms. The van der Waals surface area contributed by atoms with Gasteiger partial charge in [0.05, 0.1) is 6.54 Å². The van der Waals surface area contributed by atoms with Crippen LogP contribution in [0.2, 0.25) is 0 Å². The molecule has 1 aromatic carbocycles. The average molecular weight is 266 g/mol. The van der Waals surface area contributed by atoms with Gasteiger partial charge < -0.3 is 4.74 Å². The molecule has 1 aromatic rings. The van der Waals surface area contributed by atoms with Crippen LogP contribution in [0.5, 0.6) is 0 Å². The zero-order chi connectivity index (χ0) is 14.5. The van der Waals surface area contributed by atoms with Crippen molar-refractivity contribution in [2.75, 3.05) is 5.32 Å². The van der Waals surface area contributed by atoms with Crippen LogP contribution in [0.15, 0.2) is 23.2 Å². The summed E-state index contributed by atoms with van der Waals surface area (Å²) in [6.45, 7) is 5.09. The monoisotopic (exact) mass is 266 g/mol. The fraction of sp³-hybridized carbons (Fsp3) is 0.385. The highest BCUT2D eigenvalue weighted by molar-refractivity contribution is 5.84. The third-order valence-corrected chi connectivity index (χ3v) is 2.00. The van der Waals surface area contributed by atoms with Crippen LogP contribution in [0.4, 0.5) is 14.9 Å². The zero-order valence-electron chi connectivity index (χ0n) is 11.0. The molecule has 1 N–H and O–H groups in total. The molecule has 0 atom stereocenters. The van der Waals surface area contributed by atoms with Crippen molar-refractivity contribution in [1.82, 2.24) is 0 Å². The molecule has 19 heavy (non-hydrogen) atoms. The quantitative estimate of drug-likeness (QED) is 0.675. The summed E-state index contributed by atoms with van der Waals surface area (Å²) in [5.74, 6) is -0.506. The highest BCUT2D eigenvalue weighted by Crippen LogP contribution is 2.17. The first-order valence-corrected chi connectivity index (χ1v) is 5.64. The van der Waals surface area contributed by atoms with Crippen LogP contribution in [0.25, 0.3) is 0 Å². The van der Waals surface area contributed by atoms with Gasteiger partial charge in [0.1, 0.15) is 11.4 Å². The smallest absolute Gasteiger partial charge is 0.412 e. The minimum atomic E-state index is -0.635. The summed E-state index contributed by atoms with van der Waals surface area (Å²) in [4.78, 5) is 24.8. The Morgan fingerprint density at radius 3 is 2.74 bits per heavy atom. The topological polar surface area (TPSA) is 67.8 Å². The van der Waals surface area contributed by atoms with Crippen molar-refractivity contribution in [2.24, 2.45) is 4.99 Å². The highest BCUT2D eigenvalue weighted by atomic mass is 19.1. The second kappa shape index (κ2) is 6.11. The Labute approximate surface area is 110 Å². The fourth-order valence-corrected chi connectivity index (χ4v) is 1.31. The maximum atomic E-state index is 13.4. The number of ether oxygens (including phenoxy) is 1. The molecule has 0 unspecified atom stereocenters. The maximum absolute atomic E-state index is 13.4. The van der Waals surface area contributed by atoms with Crippen molar-refractivity contribution in [1.29, 1.82) is 0 Å². The van der Waals surface area contributed by atoms with E-state index in [4.69, 9.17) is 4.74 Å². The number of rotatable bonds is 3. The van der Waals surface area contributed by atoms with Gasteiger partial charge in [0.25, 0.3) is 0 Å². The third kappa shape index (κ3) is 5.31. The Morgan fingerprint density at radius 1 is 1.47 bits per heavy atom. The fourth-order valence-electron chi connectivity index (χ4n) is 1.31. The number of hydrogen-bond acceptors (Lipinski definition) is 4. The molecule has 0 radical (unpaired) electrons. The molecule has 0 aliphatic rings. The van der Waals surface area contributed by atoms with E-state index in [1.807, 2.05) is 0 Å². The zero-order valence-corrected chi connectivity index (χ0v) is 11.0. The second-order valence-electron chi connectivity index (χ2n) is 4.84. The molecule has 0 saturated carbocycles. The summed E-state index contributed by atoms with van der Waals surface area (Å²) in [6.07, 6.45) is 0.696. The molecule has 0 aliphatic heterocycles. The van der Waals surface area contributed by atoms with Crippen LogP contribution >= 0.6 is 0 Å². The lowest BCUT2D eigenvalue weighted by atomic mass is 10.2. The van der Waals surface area contributed by atoms with E-state index < -0.39 is 17.5 Å². The number of anilines is 1. The molecule has 0 fully saturated rings. The average Bonchev–Trinajstić information content (AvgIpc) is 2.27. The second-order valence-corrected chi connectivity index (χ2v) is 4.84. The molecule has 102 valence electrons. The Hall–Kier alpha value is -2.20. The van der Waals surface area contributed by atoms with Crippen LogP contribution in [-0.4, -0.2) is 17.8 Å². The number of hydrogen-bond donors (Lipinski definition) is 1. The first kappa shape index (κ1) is 14.9. The van der Waals surface area contributed by atoms with Gasteiger partial charge in [0.15, 0.2) is 0 Å². The number of carbonyl (C=O) groups excluding carboxylic acids is 2. The van der Waals surface area contributed by atoms with Crippen molar-refractivity contribution >= 4 is 17.9 Å². The lowest BCUT2D eigenvalue weighted by Gasteiger charge is -2.19. The molecule has 0 aromatic heterocycles. The van der Waals surface area contributed by atoms with E-state index in [0.717, 1.165) is 0 Å². The first-order chi connectivity index (χ1) is 8.81. The summed E-state index contributed by atoms with van der Waals surface area (Å²) in [7, 11) is 0. The molecule has 0 saturated heterocycles. The Morgan fingerprint density at radius 2 is 2.16 bits per heavy atom. The van der Waals surface area contributed by atoms with E-state index in [1.165, 1.54) is 24.3 Å². The first-order valence-electron chi connectivity index (χ1n) is 5.64. The van der Waals surface area contributed by atoms with Gasteiger partial charge in [-0.15, -0.1) is 0 Å². The lowest BCUT2D eigenvalue weighted by Crippen LogP contribution is -2.27. The van der Waals surface area contributed by atoms with Gasteiger partial charge in [-0.25, -0.2) is 19.0 Å². The van der Waals surface area contributed by atoms with E-state index in [2.05, 4.69) is 10.3 Å². The normalized spacial score (nSPS) is 10.5. The molecule has 1 rings (SSSR count). The van der Waals surface area contributed by atoms with E-state index in [1.54, 1.807) is 20.8 Å². The molecule has 0 bridgehead atoms. The minimum Gasteiger partial charge on any atom is -0.444 e. The van der Waals surface area contributed by atoms with Crippen LogP contribution in [0, 0.1) is 5.82 Å². The van der Waals surface area contributed by atoms with E-state index in [0.29, 0.717) is 5.69 Å². The number of nitrogens with one attached hydrogen (secondary N) is 1. The number of nitrogens with zero attached hydrogens (tertiary/aromatic N) is 1. The van der Waals surface area contributed by atoms with Crippen molar-refractivity contribution in [3.63, 3.8) is 0 Å². The number of aliphatic imine (C=N–C) groups is 1. The van der Waals surface area contributed by atoms with Crippen molar-refractivity contribution in [3.05, 3.63) is 29.6 Å². The van der Waals surface area contributed by atoms with Crippen molar-refractivity contribution < 1.29 is 18.7 Å². The Bertz CT molecular complexity index is 517. The number of benzene rings is 1. The minimum absolute atomic E-state index is 0.126. The highest BCUT2D eigenvalue weighted by Gasteiger charge is 2.16. The summed E-state index contributed by atoms with van der Waals surface area (Å²) in [6, 6.07) is 3.97. The summed E-state index contributed by atoms with van der Waals surface area (Å²) >= 11 is 0. The molecule has 0 heterocycles. The molecule has 5 nitrogen and oxygen atoms in total. The van der Waals surface area contributed by atoms with E-state index in [-0.39, 0.29) is 12.1 Å². The molecule has 1 amide bonds. The van der Waals surface area contributed by atoms with Gasteiger partial charge in [-0.05, 0) is 39.0 Å². The van der Waals surface area contributed by atoms with Gasteiger partial charge in [-0.3, -0.25) is 5.32 Å². The van der Waals surface area contributed by atoms with Crippen molar-refractivity contribution in [2.45, 2.75) is 32.9 Å². The SMILES string of the molecule is CC(C)(C)OC(=O)Nc1ccc(F)c(CN=C=O)c1. The lowest BCUT2D eigenvalue weighted by molar-refractivity contribution is 0.0636. The van der Waals surface area contributed by atoms with Gasteiger partial charge in [0.2, 0.25) is 6.08 Å². The Balaban J connectivity index is 2.79. The van der Waals surface area contributed by atoms with Gasteiger partial charge in [-0.2, -0.15) is 0 Å². The summed E-state index contributed by atoms with van der Waals surface area (Å²) < 4.78 is 18.4. The van der Waals surface area contributed by atoms with Gasteiger partial charge in [0, 0.05) is 11.3 Å². The van der Waals surface area contributed by atoms with E-state index in [9.17, 15) is 14.0 Å². The number of halogens is 1. The molecular weight excluding hydrogens is 251 g/mol. The van der Waals surface area contributed by atoms with Gasteiger partial charge in [-0.1, -0.05) is 0 Å². The number of isocyanates is 1. The third-order valence-electron chi connectivity index (χ3n) is 2.00. The number of amides is 1. The van der Waals surface area contributed by atoms with E-state index >= 15 is 0 Å². The van der Waals surface area contributed by atoms with Crippen LogP contribution < -0.4 is 5.32 Å². The predicted molar refractivity (Wildman–Crippen MR) is 68.1 cm³/mol. The summed E-state index contributed by atoms with van der Waals surface area (Å²) in [5, 5.41) is 2.47. The molecular formula is C13H15FN2O3. The largest absolute Gasteiger partial charge is 0.444 e.